The molecular weight excluding hydrogens is 420 g/mol. The van der Waals surface area contributed by atoms with Gasteiger partial charge in [0, 0.05) is 17.0 Å². The zero-order valence-electron chi connectivity index (χ0n) is 15.2. The fourth-order valence-corrected chi connectivity index (χ4v) is 2.98. The van der Waals surface area contributed by atoms with Crippen LogP contribution in [0.25, 0.3) is 11.4 Å². The molecule has 1 unspecified atom stereocenters. The molecular formula is C21H19BrN4O2. The highest BCUT2D eigenvalue weighted by Gasteiger charge is 2.17. The minimum absolute atomic E-state index is 0.0989. The van der Waals surface area contributed by atoms with Gasteiger partial charge in [0.05, 0.1) is 30.5 Å². The van der Waals surface area contributed by atoms with Crippen LogP contribution in [0.15, 0.2) is 71.5 Å². The summed E-state index contributed by atoms with van der Waals surface area (Å²) >= 11 is 3.38. The number of amides is 2. The second kappa shape index (κ2) is 9.23. The lowest BCUT2D eigenvalue weighted by Gasteiger charge is -2.18. The largest absolute Gasteiger partial charge is 0.349 e. The molecule has 2 N–H and O–H groups in total. The number of benzene rings is 2. The van der Waals surface area contributed by atoms with E-state index in [1.807, 2.05) is 54.6 Å². The Morgan fingerprint density at radius 2 is 1.64 bits per heavy atom. The van der Waals surface area contributed by atoms with Crippen LogP contribution >= 0.6 is 15.9 Å². The van der Waals surface area contributed by atoms with Crippen molar-refractivity contribution >= 4 is 33.4 Å². The molecule has 0 aliphatic rings. The molecule has 2 amide bonds. The van der Waals surface area contributed by atoms with Gasteiger partial charge >= 0.3 is 0 Å². The first kappa shape index (κ1) is 19.7. The van der Waals surface area contributed by atoms with Crippen molar-refractivity contribution in [3.63, 3.8) is 0 Å². The van der Waals surface area contributed by atoms with Crippen molar-refractivity contribution < 1.29 is 9.59 Å². The molecule has 7 heteroatoms. The lowest BCUT2D eigenvalue weighted by molar-refractivity contribution is -0.120. The summed E-state index contributed by atoms with van der Waals surface area (Å²) in [7, 11) is 0. The highest BCUT2D eigenvalue weighted by atomic mass is 79.9. The molecule has 1 aromatic heterocycles. The zero-order chi connectivity index (χ0) is 19.9. The molecule has 0 radical (unpaired) electrons. The van der Waals surface area contributed by atoms with E-state index in [2.05, 4.69) is 36.5 Å². The van der Waals surface area contributed by atoms with Gasteiger partial charge in [0.25, 0.3) is 0 Å². The molecule has 6 nitrogen and oxygen atoms in total. The van der Waals surface area contributed by atoms with Crippen LogP contribution in [0.1, 0.15) is 24.9 Å². The molecule has 0 bridgehead atoms. The van der Waals surface area contributed by atoms with Gasteiger partial charge in [-0.05, 0) is 17.7 Å². The van der Waals surface area contributed by atoms with Crippen LogP contribution in [0.3, 0.4) is 0 Å². The topological polar surface area (TPSA) is 84.0 Å². The average Bonchev–Trinajstić information content (AvgIpc) is 2.69. The number of halogens is 1. The molecule has 3 aromatic rings. The van der Waals surface area contributed by atoms with E-state index < -0.39 is 6.04 Å². The van der Waals surface area contributed by atoms with E-state index in [0.717, 1.165) is 15.6 Å². The van der Waals surface area contributed by atoms with E-state index >= 15 is 0 Å². The van der Waals surface area contributed by atoms with Crippen molar-refractivity contribution in [1.29, 1.82) is 0 Å². The lowest BCUT2D eigenvalue weighted by atomic mass is 10.0. The van der Waals surface area contributed by atoms with Crippen LogP contribution in [0.4, 0.5) is 5.69 Å². The summed E-state index contributed by atoms with van der Waals surface area (Å²) in [6.07, 6.45) is 3.24. The van der Waals surface area contributed by atoms with Crippen LogP contribution in [0.2, 0.25) is 0 Å². The fraction of sp³-hybridized carbons (Fsp3) is 0.143. The van der Waals surface area contributed by atoms with E-state index in [9.17, 15) is 9.59 Å². The standard InChI is InChI=1S/C21H19BrN4O2/c1-14(27)25-19(15-7-9-17(22)10-8-15)11-20(28)26-18-12-23-21(24-13-18)16-5-3-2-4-6-16/h2-10,12-13,19H,11H2,1H3,(H,25,27)(H,26,28). The normalized spacial score (nSPS) is 11.5. The minimum Gasteiger partial charge on any atom is -0.349 e. The molecule has 28 heavy (non-hydrogen) atoms. The van der Waals surface area contributed by atoms with Crippen LogP contribution in [0, 0.1) is 0 Å². The summed E-state index contributed by atoms with van der Waals surface area (Å²) in [6, 6.07) is 16.7. The fourth-order valence-electron chi connectivity index (χ4n) is 2.72. The predicted molar refractivity (Wildman–Crippen MR) is 111 cm³/mol. The Labute approximate surface area is 171 Å². The Morgan fingerprint density at radius 1 is 1.00 bits per heavy atom. The Bertz CT molecular complexity index is 944. The quantitative estimate of drug-likeness (QED) is 0.606. The maximum Gasteiger partial charge on any atom is 0.226 e. The monoisotopic (exact) mass is 438 g/mol. The molecule has 0 aliphatic heterocycles. The van der Waals surface area contributed by atoms with E-state index in [1.165, 1.54) is 6.92 Å². The second-order valence-electron chi connectivity index (χ2n) is 6.22. The SMILES string of the molecule is CC(=O)NC(CC(=O)Nc1cnc(-c2ccccc2)nc1)c1ccc(Br)cc1. The molecule has 0 aliphatic carbocycles. The summed E-state index contributed by atoms with van der Waals surface area (Å²) < 4.78 is 0.929. The van der Waals surface area contributed by atoms with Gasteiger partial charge in [-0.3, -0.25) is 9.59 Å². The molecule has 1 atom stereocenters. The number of hydrogen-bond donors (Lipinski definition) is 2. The molecule has 0 saturated heterocycles. The zero-order valence-corrected chi connectivity index (χ0v) is 16.8. The summed E-state index contributed by atoms with van der Waals surface area (Å²) in [6.45, 7) is 1.43. The Morgan fingerprint density at radius 3 is 2.25 bits per heavy atom. The van der Waals surface area contributed by atoms with Gasteiger partial charge in [0.2, 0.25) is 11.8 Å². The van der Waals surface area contributed by atoms with E-state index in [0.29, 0.717) is 11.5 Å². The summed E-state index contributed by atoms with van der Waals surface area (Å²) in [4.78, 5) is 32.6. The van der Waals surface area contributed by atoms with Crippen molar-refractivity contribution in [2.75, 3.05) is 5.32 Å². The first-order valence-electron chi connectivity index (χ1n) is 8.71. The maximum atomic E-state index is 12.5. The Kier molecular flexibility index (Phi) is 6.49. The van der Waals surface area contributed by atoms with Gasteiger partial charge in [-0.1, -0.05) is 58.4 Å². The van der Waals surface area contributed by atoms with Crippen LogP contribution in [0.5, 0.6) is 0 Å². The number of nitrogens with one attached hydrogen (secondary N) is 2. The maximum absolute atomic E-state index is 12.5. The number of anilines is 1. The van der Waals surface area contributed by atoms with Crippen LogP contribution in [-0.2, 0) is 9.59 Å². The second-order valence-corrected chi connectivity index (χ2v) is 7.13. The van der Waals surface area contributed by atoms with Gasteiger partial charge in [-0.25, -0.2) is 9.97 Å². The van der Waals surface area contributed by atoms with E-state index in [4.69, 9.17) is 0 Å². The summed E-state index contributed by atoms with van der Waals surface area (Å²) in [5, 5.41) is 5.60. The van der Waals surface area contributed by atoms with E-state index in [1.54, 1.807) is 12.4 Å². The number of nitrogens with zero attached hydrogens (tertiary/aromatic N) is 2. The minimum atomic E-state index is -0.421. The highest BCUT2D eigenvalue weighted by Crippen LogP contribution is 2.21. The van der Waals surface area contributed by atoms with Crippen molar-refractivity contribution in [2.24, 2.45) is 0 Å². The molecule has 0 spiro atoms. The smallest absolute Gasteiger partial charge is 0.226 e. The van der Waals surface area contributed by atoms with Gasteiger partial charge in [0.1, 0.15) is 0 Å². The summed E-state index contributed by atoms with van der Waals surface area (Å²) in [5.74, 6) is 0.151. The van der Waals surface area contributed by atoms with Crippen LogP contribution in [-0.4, -0.2) is 21.8 Å². The lowest BCUT2D eigenvalue weighted by Crippen LogP contribution is -2.29. The predicted octanol–water partition coefficient (Wildman–Crippen LogP) is 4.11. The van der Waals surface area contributed by atoms with Crippen molar-refractivity contribution in [2.45, 2.75) is 19.4 Å². The Balaban J connectivity index is 1.67. The third-order valence-electron chi connectivity index (χ3n) is 4.01. The van der Waals surface area contributed by atoms with E-state index in [-0.39, 0.29) is 18.2 Å². The highest BCUT2D eigenvalue weighted by molar-refractivity contribution is 9.10. The van der Waals surface area contributed by atoms with Crippen molar-refractivity contribution in [3.8, 4) is 11.4 Å². The van der Waals surface area contributed by atoms with Crippen molar-refractivity contribution in [3.05, 3.63) is 77.0 Å². The molecule has 2 aromatic carbocycles. The van der Waals surface area contributed by atoms with Gasteiger partial charge in [-0.15, -0.1) is 0 Å². The van der Waals surface area contributed by atoms with Gasteiger partial charge < -0.3 is 10.6 Å². The van der Waals surface area contributed by atoms with Crippen LogP contribution < -0.4 is 10.6 Å². The number of aromatic nitrogens is 2. The van der Waals surface area contributed by atoms with Gasteiger partial charge in [-0.2, -0.15) is 0 Å². The third kappa shape index (κ3) is 5.47. The first-order chi connectivity index (χ1) is 13.5. The summed E-state index contributed by atoms with van der Waals surface area (Å²) in [5.41, 5.74) is 2.26. The average molecular weight is 439 g/mol. The van der Waals surface area contributed by atoms with Crippen molar-refractivity contribution in [1.82, 2.24) is 15.3 Å². The molecule has 0 saturated carbocycles. The molecule has 1 heterocycles. The number of rotatable bonds is 6. The number of carbonyl (C=O) groups excluding carboxylic acids is 2. The molecule has 142 valence electrons. The third-order valence-corrected chi connectivity index (χ3v) is 4.54. The number of carbonyl (C=O) groups is 2. The van der Waals surface area contributed by atoms with Gasteiger partial charge in [0.15, 0.2) is 5.82 Å². The first-order valence-corrected chi connectivity index (χ1v) is 9.50. The Hall–Kier alpha value is -3.06. The molecule has 3 rings (SSSR count). The number of hydrogen-bond acceptors (Lipinski definition) is 4. The molecule has 0 fully saturated rings.